The average Bonchev–Trinajstić information content (AvgIpc) is 2.75. The SMILES string of the molecule is CCC(O[Si](C)(C)C)[Si](C)(C)O[Si](O[Si](C)(C)C(CC)O[Si](C)(C)C)(O[Si](C)(C)C(CC)O[Si](C)(C)C)C(CC)[Si](C)(C)O. The molecule has 15 heteroatoms. The molecule has 7 nitrogen and oxygen atoms in total. The molecule has 0 aromatic heterocycles. The zero-order valence-corrected chi connectivity index (χ0v) is 41.0. The van der Waals surface area contributed by atoms with Gasteiger partial charge in [0.1, 0.15) is 0 Å². The van der Waals surface area contributed by atoms with Gasteiger partial charge in [0.25, 0.3) is 0 Å². The maximum absolute atomic E-state index is 12.1. The summed E-state index contributed by atoms with van der Waals surface area (Å²) in [6.45, 7) is 46.8. The molecule has 0 bridgehead atoms. The van der Waals surface area contributed by atoms with Crippen LogP contribution in [-0.4, -0.2) is 89.0 Å². The van der Waals surface area contributed by atoms with Gasteiger partial charge in [-0.2, -0.15) is 0 Å². The topological polar surface area (TPSA) is 75.6 Å². The molecule has 0 aromatic rings. The first-order valence-electron chi connectivity index (χ1n) is 17.2. The van der Waals surface area contributed by atoms with Crippen LogP contribution in [-0.2, 0) is 25.6 Å². The molecule has 0 saturated heterocycles. The van der Waals surface area contributed by atoms with Gasteiger partial charge in [-0.1, -0.05) is 27.7 Å². The van der Waals surface area contributed by atoms with Crippen molar-refractivity contribution in [2.45, 2.75) is 187 Å². The minimum atomic E-state index is -3.63. The number of hydrogen-bond acceptors (Lipinski definition) is 7. The van der Waals surface area contributed by atoms with Gasteiger partial charge in [0.2, 0.25) is 25.0 Å². The van der Waals surface area contributed by atoms with Crippen LogP contribution in [0.15, 0.2) is 0 Å². The van der Waals surface area contributed by atoms with Crippen LogP contribution < -0.4 is 0 Å². The monoisotopic (exact) mass is 760 g/mol. The van der Waals surface area contributed by atoms with E-state index >= 15 is 0 Å². The first-order chi connectivity index (χ1) is 19.3. The lowest BCUT2D eigenvalue weighted by molar-refractivity contribution is 0.166. The summed E-state index contributed by atoms with van der Waals surface area (Å²) in [6.07, 6.45) is 3.36. The van der Waals surface area contributed by atoms with Crippen molar-refractivity contribution >= 4 is 67.0 Å². The molecule has 0 aliphatic carbocycles. The molecule has 266 valence electrons. The molecule has 0 heterocycles. The number of rotatable bonds is 21. The molecule has 4 unspecified atom stereocenters. The summed E-state index contributed by atoms with van der Waals surface area (Å²) in [5, 5.41) is -0.182. The zero-order valence-electron chi connectivity index (χ0n) is 33.0. The Labute approximate surface area is 283 Å². The summed E-state index contributed by atoms with van der Waals surface area (Å²) in [5.41, 5.74) is 0.0116. The molecule has 4 atom stereocenters. The molecule has 44 heavy (non-hydrogen) atoms. The van der Waals surface area contributed by atoms with Gasteiger partial charge >= 0.3 is 8.80 Å². The van der Waals surface area contributed by atoms with Crippen molar-refractivity contribution in [1.82, 2.24) is 0 Å². The first-order valence-corrected chi connectivity index (χ1v) is 41.2. The van der Waals surface area contributed by atoms with E-state index in [0.717, 1.165) is 25.7 Å². The Morgan fingerprint density at radius 2 is 0.636 bits per heavy atom. The zero-order chi connectivity index (χ0) is 35.4. The van der Waals surface area contributed by atoms with Crippen LogP contribution in [0.25, 0.3) is 0 Å². The Kier molecular flexibility index (Phi) is 17.0. The van der Waals surface area contributed by atoms with E-state index < -0.39 is 67.0 Å². The summed E-state index contributed by atoms with van der Waals surface area (Å²) < 4.78 is 43.7. The average molecular weight is 762 g/mol. The fourth-order valence-electron chi connectivity index (χ4n) is 6.19. The summed E-state index contributed by atoms with van der Waals surface area (Å²) in [6, 6.07) is 0. The van der Waals surface area contributed by atoms with E-state index in [0.29, 0.717) is 0 Å². The Bertz CT molecular complexity index is 769. The molecule has 0 spiro atoms. The Morgan fingerprint density at radius 1 is 0.409 bits per heavy atom. The van der Waals surface area contributed by atoms with Gasteiger partial charge in [0, 0.05) is 5.16 Å². The van der Waals surface area contributed by atoms with Crippen molar-refractivity contribution in [3.8, 4) is 0 Å². The second-order valence-electron chi connectivity index (χ2n) is 17.7. The third-order valence-corrected chi connectivity index (χ3v) is 34.0. The first kappa shape index (κ1) is 45.5. The van der Waals surface area contributed by atoms with Gasteiger partial charge in [0.15, 0.2) is 33.3 Å². The lowest BCUT2D eigenvalue weighted by Gasteiger charge is -2.53. The summed E-state index contributed by atoms with van der Waals surface area (Å²) in [7, 11) is -19.9. The van der Waals surface area contributed by atoms with Crippen LogP contribution in [0.4, 0.5) is 0 Å². The molecule has 0 aliphatic heterocycles. The second kappa shape index (κ2) is 16.4. The summed E-state index contributed by atoms with van der Waals surface area (Å²) >= 11 is 0. The maximum atomic E-state index is 12.1. The predicted octanol–water partition coefficient (Wildman–Crippen LogP) is 9.62. The molecule has 0 rings (SSSR count). The molecule has 0 aromatic carbocycles. The maximum Gasteiger partial charge on any atom is 0.472 e. The fourth-order valence-corrected chi connectivity index (χ4v) is 39.0. The quantitative estimate of drug-likeness (QED) is 0.117. The highest BCUT2D eigenvalue weighted by Gasteiger charge is 2.64. The fraction of sp³-hybridized carbons (Fsp3) is 1.00. The normalized spacial score (nSPS) is 19.0. The highest BCUT2D eigenvalue weighted by atomic mass is 28.5. The van der Waals surface area contributed by atoms with Crippen LogP contribution in [0.3, 0.4) is 0 Å². The minimum absolute atomic E-state index is 0.00388. The van der Waals surface area contributed by atoms with E-state index in [1.54, 1.807) is 0 Å². The van der Waals surface area contributed by atoms with Gasteiger partial charge in [-0.25, -0.2) is 0 Å². The van der Waals surface area contributed by atoms with Crippen LogP contribution >= 0.6 is 0 Å². The Balaban J connectivity index is 7.67. The second-order valence-corrected chi connectivity index (χ2v) is 51.6. The third kappa shape index (κ3) is 14.9. The minimum Gasteiger partial charge on any atom is -0.432 e. The third-order valence-electron chi connectivity index (χ3n) is 7.83. The molecule has 0 radical (unpaired) electrons. The van der Waals surface area contributed by atoms with Gasteiger partial charge in [-0.3, -0.25) is 0 Å². The molecule has 0 saturated carbocycles. The van der Waals surface area contributed by atoms with E-state index in [-0.39, 0.29) is 22.3 Å². The highest BCUT2D eigenvalue weighted by Crippen LogP contribution is 2.44. The Hall–Kier alpha value is 1.46. The molecule has 1 N–H and O–H groups in total. The van der Waals surface area contributed by atoms with Crippen molar-refractivity contribution < 1.29 is 30.4 Å². The van der Waals surface area contributed by atoms with Crippen molar-refractivity contribution in [1.29, 1.82) is 0 Å². The molecular weight excluding hydrogens is 685 g/mol. The van der Waals surface area contributed by atoms with E-state index in [9.17, 15) is 4.80 Å². The standard InChI is InChI=1S/C29H76O7Si8/c1-22-26(31-37(5,6)7)41(16,17)34-44(29(25-4)40(14,15)30,35-42(18,19)27(23-2)32-38(8,9)10)36-43(20,21)28(24-3)33-39(11,12)13/h26-30H,22-25H2,1-21H3. The molecule has 0 aliphatic rings. The molecular formula is C29H76O7Si8. The van der Waals surface area contributed by atoms with Crippen molar-refractivity contribution in [2.75, 3.05) is 0 Å². The van der Waals surface area contributed by atoms with E-state index in [1.807, 2.05) is 13.1 Å². The summed E-state index contributed by atoms with van der Waals surface area (Å²) in [4.78, 5) is 12.1. The van der Waals surface area contributed by atoms with Gasteiger partial charge in [0.05, 0.1) is 17.2 Å². The van der Waals surface area contributed by atoms with E-state index in [1.165, 1.54) is 0 Å². The van der Waals surface area contributed by atoms with Crippen molar-refractivity contribution in [3.05, 3.63) is 0 Å². The smallest absolute Gasteiger partial charge is 0.432 e. The van der Waals surface area contributed by atoms with Gasteiger partial charge < -0.3 is 30.4 Å². The molecule has 0 fully saturated rings. The van der Waals surface area contributed by atoms with Crippen molar-refractivity contribution in [3.63, 3.8) is 0 Å². The van der Waals surface area contributed by atoms with E-state index in [4.69, 9.17) is 25.6 Å². The van der Waals surface area contributed by atoms with Crippen LogP contribution in [0.2, 0.25) is 116 Å². The van der Waals surface area contributed by atoms with Gasteiger partial charge in [-0.15, -0.1) is 0 Å². The largest absolute Gasteiger partial charge is 0.472 e. The molecule has 0 amide bonds. The highest BCUT2D eigenvalue weighted by molar-refractivity contribution is 6.98. The van der Waals surface area contributed by atoms with Crippen LogP contribution in [0.1, 0.15) is 53.4 Å². The summed E-state index contributed by atoms with van der Waals surface area (Å²) in [5.74, 6) is 0. The van der Waals surface area contributed by atoms with Crippen LogP contribution in [0, 0.1) is 0 Å². The Morgan fingerprint density at radius 3 is 0.773 bits per heavy atom. The lowest BCUT2D eigenvalue weighted by atomic mass is 10.5. The lowest BCUT2D eigenvalue weighted by Crippen LogP contribution is -2.72. The number of hydrogen-bond donors (Lipinski definition) is 1. The predicted molar refractivity (Wildman–Crippen MR) is 211 cm³/mol. The van der Waals surface area contributed by atoms with Gasteiger partial charge in [-0.05, 0) is 137 Å². The van der Waals surface area contributed by atoms with Crippen molar-refractivity contribution in [2.24, 2.45) is 0 Å². The van der Waals surface area contributed by atoms with Crippen LogP contribution in [0.5, 0.6) is 0 Å². The van der Waals surface area contributed by atoms with E-state index in [2.05, 4.69) is 126 Å².